The third-order valence-electron chi connectivity index (χ3n) is 3.87. The summed E-state index contributed by atoms with van der Waals surface area (Å²) in [5, 5.41) is 0. The van der Waals surface area contributed by atoms with Crippen molar-refractivity contribution in [2.75, 3.05) is 13.1 Å². The number of sulfonamides is 1. The largest absolute Gasteiger partial charge is 0.327 e. The van der Waals surface area contributed by atoms with Gasteiger partial charge < -0.3 is 5.73 Å². The van der Waals surface area contributed by atoms with Crippen molar-refractivity contribution in [3.63, 3.8) is 0 Å². The van der Waals surface area contributed by atoms with Crippen molar-refractivity contribution in [3.05, 3.63) is 28.2 Å². The van der Waals surface area contributed by atoms with E-state index in [2.05, 4.69) is 15.9 Å². The van der Waals surface area contributed by atoms with E-state index >= 15 is 0 Å². The van der Waals surface area contributed by atoms with Crippen LogP contribution in [0.2, 0.25) is 0 Å². The van der Waals surface area contributed by atoms with Crippen LogP contribution in [0.4, 0.5) is 8.78 Å². The van der Waals surface area contributed by atoms with Gasteiger partial charge in [-0.05, 0) is 39.9 Å². The Hall–Kier alpha value is -0.570. The minimum atomic E-state index is -4.08. The lowest BCUT2D eigenvalue weighted by molar-refractivity contribution is 0.155. The summed E-state index contributed by atoms with van der Waals surface area (Å²) < 4.78 is 53.6. The second kappa shape index (κ2) is 5.57. The molecule has 0 spiro atoms. The van der Waals surface area contributed by atoms with E-state index in [1.54, 1.807) is 0 Å². The molecule has 21 heavy (non-hydrogen) atoms. The average molecular weight is 383 g/mol. The zero-order valence-electron chi connectivity index (χ0n) is 11.7. The number of nitrogens with two attached hydrogens (primary N) is 1. The van der Waals surface area contributed by atoms with Gasteiger partial charge in [-0.3, -0.25) is 0 Å². The molecule has 1 atom stereocenters. The fourth-order valence-corrected chi connectivity index (χ4v) is 4.37. The van der Waals surface area contributed by atoms with Crippen LogP contribution in [0, 0.1) is 17.0 Å². The first-order valence-corrected chi connectivity index (χ1v) is 8.69. The van der Waals surface area contributed by atoms with Crippen LogP contribution >= 0.6 is 15.9 Å². The lowest BCUT2D eigenvalue weighted by Crippen LogP contribution is -2.53. The first-order chi connectivity index (χ1) is 9.55. The van der Waals surface area contributed by atoms with Crippen LogP contribution in [-0.2, 0) is 10.0 Å². The molecule has 8 heteroatoms. The maximum absolute atomic E-state index is 13.9. The topological polar surface area (TPSA) is 63.4 Å². The minimum Gasteiger partial charge on any atom is -0.327 e. The molecule has 1 aromatic rings. The van der Waals surface area contributed by atoms with Crippen molar-refractivity contribution in [3.8, 4) is 0 Å². The van der Waals surface area contributed by atoms with Gasteiger partial charge >= 0.3 is 0 Å². The highest BCUT2D eigenvalue weighted by molar-refractivity contribution is 9.10. The summed E-state index contributed by atoms with van der Waals surface area (Å²) in [6, 6.07) is 1.40. The van der Waals surface area contributed by atoms with Crippen LogP contribution < -0.4 is 5.73 Å². The molecule has 1 aliphatic heterocycles. The number of piperidine rings is 1. The van der Waals surface area contributed by atoms with E-state index in [0.717, 1.165) is 6.07 Å². The summed E-state index contributed by atoms with van der Waals surface area (Å²) in [6.45, 7) is 4.09. The zero-order valence-corrected chi connectivity index (χ0v) is 14.1. The molecule has 1 saturated heterocycles. The van der Waals surface area contributed by atoms with Crippen LogP contribution in [0.1, 0.15) is 20.3 Å². The third-order valence-corrected chi connectivity index (χ3v) is 6.34. The Balaban J connectivity index is 2.42. The summed E-state index contributed by atoms with van der Waals surface area (Å²) in [5.41, 5.74) is 5.55. The quantitative estimate of drug-likeness (QED) is 0.799. The van der Waals surface area contributed by atoms with Crippen molar-refractivity contribution < 1.29 is 17.2 Å². The number of hydrogen-bond acceptors (Lipinski definition) is 3. The molecule has 0 amide bonds. The molecule has 2 rings (SSSR count). The third kappa shape index (κ3) is 3.13. The number of benzene rings is 1. The number of hydrogen-bond donors (Lipinski definition) is 1. The summed E-state index contributed by atoms with van der Waals surface area (Å²) >= 11 is 2.83. The highest BCUT2D eigenvalue weighted by Crippen LogP contribution is 2.32. The van der Waals surface area contributed by atoms with E-state index in [4.69, 9.17) is 5.73 Å². The van der Waals surface area contributed by atoms with Gasteiger partial charge in [0.2, 0.25) is 10.0 Å². The first-order valence-electron chi connectivity index (χ1n) is 6.46. The molecular weight excluding hydrogens is 366 g/mol. The van der Waals surface area contributed by atoms with Gasteiger partial charge in [-0.1, -0.05) is 13.8 Å². The van der Waals surface area contributed by atoms with Gasteiger partial charge in [0, 0.05) is 19.1 Å². The van der Waals surface area contributed by atoms with Crippen LogP contribution in [0.15, 0.2) is 21.5 Å². The molecule has 1 fully saturated rings. The van der Waals surface area contributed by atoms with Crippen LogP contribution in [0.5, 0.6) is 0 Å². The fourth-order valence-electron chi connectivity index (χ4n) is 2.37. The van der Waals surface area contributed by atoms with E-state index in [9.17, 15) is 17.2 Å². The molecule has 0 bridgehead atoms. The Morgan fingerprint density at radius 3 is 2.52 bits per heavy atom. The van der Waals surface area contributed by atoms with Crippen LogP contribution in [0.25, 0.3) is 0 Å². The van der Waals surface area contributed by atoms with Crippen molar-refractivity contribution in [2.45, 2.75) is 31.2 Å². The summed E-state index contributed by atoms with van der Waals surface area (Å²) in [7, 11) is -4.08. The van der Waals surface area contributed by atoms with E-state index in [0.29, 0.717) is 12.5 Å². The maximum atomic E-state index is 13.9. The number of halogens is 3. The van der Waals surface area contributed by atoms with Crippen molar-refractivity contribution in [1.82, 2.24) is 4.31 Å². The van der Waals surface area contributed by atoms with Crippen molar-refractivity contribution >= 4 is 26.0 Å². The van der Waals surface area contributed by atoms with Gasteiger partial charge in [-0.25, -0.2) is 17.2 Å². The molecule has 0 radical (unpaired) electrons. The van der Waals surface area contributed by atoms with Crippen LogP contribution in [-0.4, -0.2) is 31.9 Å². The Bertz CT molecular complexity index is 664. The first kappa shape index (κ1) is 16.8. The van der Waals surface area contributed by atoms with E-state index in [1.165, 1.54) is 4.31 Å². The average Bonchev–Trinajstić information content (AvgIpc) is 2.36. The standard InChI is InChI=1S/C13H17BrF2N2O2S/c1-13(2)7-18(4-3-12(13)17)21(19,20)11-6-9(15)8(14)5-10(11)16/h5-6,12H,3-4,7,17H2,1-2H3. The lowest BCUT2D eigenvalue weighted by Gasteiger charge is -2.41. The summed E-state index contributed by atoms with van der Waals surface area (Å²) in [5.74, 6) is -1.79. The monoisotopic (exact) mass is 382 g/mol. The number of nitrogens with zero attached hydrogens (tertiary/aromatic N) is 1. The summed E-state index contributed by atoms with van der Waals surface area (Å²) in [6.07, 6.45) is 0.479. The molecule has 0 saturated carbocycles. The number of rotatable bonds is 2. The summed E-state index contributed by atoms with van der Waals surface area (Å²) in [4.78, 5) is -0.644. The zero-order chi connectivity index (χ0) is 16.0. The van der Waals surface area contributed by atoms with Gasteiger partial charge in [-0.15, -0.1) is 0 Å². The molecule has 0 aliphatic carbocycles. The molecule has 2 N–H and O–H groups in total. The SMILES string of the molecule is CC1(C)CN(S(=O)(=O)c2cc(F)c(Br)cc2F)CCC1N. The van der Waals surface area contributed by atoms with Crippen molar-refractivity contribution in [2.24, 2.45) is 11.1 Å². The maximum Gasteiger partial charge on any atom is 0.246 e. The second-order valence-electron chi connectivity index (χ2n) is 5.92. The fraction of sp³-hybridized carbons (Fsp3) is 0.538. The van der Waals surface area contributed by atoms with E-state index in [-0.39, 0.29) is 23.6 Å². The van der Waals surface area contributed by atoms with Gasteiger partial charge in [-0.2, -0.15) is 4.31 Å². The molecule has 1 unspecified atom stereocenters. The minimum absolute atomic E-state index is 0.111. The van der Waals surface area contributed by atoms with Gasteiger partial charge in [0.15, 0.2) is 0 Å². The molecule has 118 valence electrons. The van der Waals surface area contributed by atoms with E-state index < -0.39 is 32.0 Å². The highest BCUT2D eigenvalue weighted by atomic mass is 79.9. The Morgan fingerprint density at radius 1 is 1.33 bits per heavy atom. The van der Waals surface area contributed by atoms with Crippen molar-refractivity contribution in [1.29, 1.82) is 0 Å². The second-order valence-corrected chi connectivity index (χ2v) is 8.68. The Morgan fingerprint density at radius 2 is 1.95 bits per heavy atom. The van der Waals surface area contributed by atoms with Gasteiger partial charge in [0.1, 0.15) is 16.5 Å². The van der Waals surface area contributed by atoms with Gasteiger partial charge in [0.25, 0.3) is 0 Å². The smallest absolute Gasteiger partial charge is 0.246 e. The molecule has 0 aromatic heterocycles. The molecular formula is C13H17BrF2N2O2S. The van der Waals surface area contributed by atoms with Crippen LogP contribution in [0.3, 0.4) is 0 Å². The van der Waals surface area contributed by atoms with Gasteiger partial charge in [0.05, 0.1) is 4.47 Å². The molecule has 1 aromatic carbocycles. The predicted molar refractivity (Wildman–Crippen MR) is 79.2 cm³/mol. The molecule has 1 aliphatic rings. The van der Waals surface area contributed by atoms with E-state index in [1.807, 2.05) is 13.8 Å². The predicted octanol–water partition coefficient (Wildman–Crippen LogP) is 2.48. The lowest BCUT2D eigenvalue weighted by atomic mass is 9.81. The Labute approximate surface area is 131 Å². The Kier molecular flexibility index (Phi) is 4.45. The molecule has 4 nitrogen and oxygen atoms in total. The molecule has 1 heterocycles. The normalized spacial score (nSPS) is 23.2. The highest BCUT2D eigenvalue weighted by Gasteiger charge is 2.39.